The van der Waals surface area contributed by atoms with Crippen molar-refractivity contribution in [2.45, 2.75) is 173 Å². The zero-order chi connectivity index (χ0) is 72.6. The van der Waals surface area contributed by atoms with Crippen molar-refractivity contribution in [1.82, 2.24) is 63.1 Å². The number of aliphatic carboxylic acids is 3. The van der Waals surface area contributed by atoms with Crippen LogP contribution >= 0.6 is 0 Å². The van der Waals surface area contributed by atoms with Gasteiger partial charge in [-0.1, -0.05) is 90.4 Å². The molecule has 3 rings (SSSR count). The fourth-order valence-electron chi connectivity index (χ4n) is 9.64. The number of hydrogen-bond donors (Lipinski definition) is 19. The van der Waals surface area contributed by atoms with Gasteiger partial charge in [-0.3, -0.25) is 67.3 Å². The molecule has 23 N–H and O–H groups in total. The summed E-state index contributed by atoms with van der Waals surface area (Å²) in [4.78, 5) is 200. The summed E-state index contributed by atoms with van der Waals surface area (Å²) in [5.41, 5.74) is 22.8. The van der Waals surface area contributed by atoms with E-state index in [0.717, 1.165) is 0 Å². The van der Waals surface area contributed by atoms with Crippen molar-refractivity contribution in [3.8, 4) is 5.75 Å². The number of nitrogens with zero attached hydrogens (tertiary/aromatic N) is 2. The van der Waals surface area contributed by atoms with Crippen LogP contribution in [0, 0.1) is 17.8 Å². The number of hydrogen-bond acceptors (Lipinski definition) is 18. The van der Waals surface area contributed by atoms with E-state index in [1.807, 2.05) is 0 Å². The summed E-state index contributed by atoms with van der Waals surface area (Å²) in [5.74, 6) is -18.1. The predicted octanol–water partition coefficient (Wildman–Crippen LogP) is -3.95. The highest BCUT2D eigenvalue weighted by atomic mass is 16.4. The average molecular weight is 1360 g/mol. The van der Waals surface area contributed by atoms with E-state index >= 15 is 0 Å². The van der Waals surface area contributed by atoms with E-state index in [0.29, 0.717) is 5.56 Å². The van der Waals surface area contributed by atoms with Gasteiger partial charge in [0.25, 0.3) is 0 Å². The number of nitrogens with one attached hydrogen (secondary N) is 11. The van der Waals surface area contributed by atoms with Crippen LogP contribution in [0.25, 0.3) is 0 Å². The first-order chi connectivity index (χ1) is 45.7. The number of imidazole rings is 1. The van der Waals surface area contributed by atoms with Crippen LogP contribution in [0.4, 0.5) is 0 Å². The molecule has 0 fully saturated rings. The largest absolute Gasteiger partial charge is 0.508 e. The fourth-order valence-corrected chi connectivity index (χ4v) is 9.64. The number of benzene rings is 2. The molecular weight excluding hydrogens is 1270 g/mol. The van der Waals surface area contributed by atoms with E-state index in [4.69, 9.17) is 22.9 Å². The third-order valence-corrected chi connectivity index (χ3v) is 15.0. The Balaban J connectivity index is 1.99. The Morgan fingerprint density at radius 1 is 0.526 bits per heavy atom. The van der Waals surface area contributed by atoms with Gasteiger partial charge in [0.05, 0.1) is 25.7 Å². The number of nitrogens with two attached hydrogens (primary N) is 4. The Labute approximate surface area is 558 Å². The molecule has 0 spiro atoms. The number of primary amides is 1. The summed E-state index contributed by atoms with van der Waals surface area (Å²) >= 11 is 0. The maximum absolute atomic E-state index is 14.7. The zero-order valence-electron chi connectivity index (χ0n) is 54.8. The van der Waals surface area contributed by atoms with Crippen LogP contribution < -0.4 is 76.1 Å². The van der Waals surface area contributed by atoms with E-state index in [1.54, 1.807) is 51.1 Å². The number of H-pyrrole nitrogens is 1. The Kier molecular flexibility index (Phi) is 33.6. The van der Waals surface area contributed by atoms with Gasteiger partial charge in [-0.25, -0.2) is 9.78 Å². The van der Waals surface area contributed by atoms with Gasteiger partial charge >= 0.3 is 17.9 Å². The first-order valence-electron chi connectivity index (χ1n) is 31.2. The second-order valence-electron chi connectivity index (χ2n) is 23.8. The lowest BCUT2D eigenvalue weighted by atomic mass is 9.95. The number of aromatic nitrogens is 2. The number of aromatic amines is 1. The Morgan fingerprint density at radius 2 is 1.00 bits per heavy atom. The molecule has 3 aromatic rings. The molecule has 0 aliphatic carbocycles. The van der Waals surface area contributed by atoms with Crippen LogP contribution in [0.3, 0.4) is 0 Å². The molecule has 1 heterocycles. The lowest BCUT2D eigenvalue weighted by molar-refractivity contribution is -0.143. The smallest absolute Gasteiger partial charge is 0.326 e. The number of amides is 11. The number of carboxylic acid groups (broad SMARTS) is 3. The monoisotopic (exact) mass is 1360 g/mol. The summed E-state index contributed by atoms with van der Waals surface area (Å²) in [6.07, 6.45) is -1.38. The number of carboxylic acids is 3. The number of phenolic OH excluding ortho intramolecular Hbond substituents is 1. The third-order valence-electron chi connectivity index (χ3n) is 15.0. The molecule has 1 aromatic heterocycles. The molecule has 0 saturated heterocycles. The van der Waals surface area contributed by atoms with Gasteiger partial charge in [0, 0.05) is 44.1 Å². The molecule has 35 heteroatoms. The van der Waals surface area contributed by atoms with Gasteiger partial charge < -0.3 is 102 Å². The minimum absolute atomic E-state index is 0.0377. The predicted molar refractivity (Wildman–Crippen MR) is 347 cm³/mol. The van der Waals surface area contributed by atoms with E-state index in [-0.39, 0.29) is 74.0 Å². The van der Waals surface area contributed by atoms with Crippen LogP contribution in [0.2, 0.25) is 0 Å². The Bertz CT molecular complexity index is 3220. The van der Waals surface area contributed by atoms with Crippen molar-refractivity contribution >= 4 is 88.8 Å². The van der Waals surface area contributed by atoms with Crippen molar-refractivity contribution in [3.05, 3.63) is 83.9 Å². The highest BCUT2D eigenvalue weighted by molar-refractivity contribution is 6.00. The van der Waals surface area contributed by atoms with Gasteiger partial charge in [0.1, 0.15) is 66.2 Å². The first-order valence-corrected chi connectivity index (χ1v) is 31.2. The lowest BCUT2D eigenvalue weighted by Gasteiger charge is -2.30. The molecule has 2 aromatic carbocycles. The highest BCUT2D eigenvalue weighted by Crippen LogP contribution is 2.16. The van der Waals surface area contributed by atoms with Crippen molar-refractivity contribution in [2.24, 2.45) is 45.7 Å². The maximum atomic E-state index is 14.7. The summed E-state index contributed by atoms with van der Waals surface area (Å²) in [6, 6.07) is -2.74. The summed E-state index contributed by atoms with van der Waals surface area (Å²) in [5, 5.41) is 64.2. The Hall–Kier alpha value is -10.7. The van der Waals surface area contributed by atoms with E-state index in [9.17, 15) is 87.5 Å². The Morgan fingerprint density at radius 3 is 1.48 bits per heavy atom. The van der Waals surface area contributed by atoms with Crippen LogP contribution in [-0.2, 0) is 86.4 Å². The molecule has 0 saturated carbocycles. The molecule has 97 heavy (non-hydrogen) atoms. The molecule has 0 aliphatic rings. The number of rotatable bonds is 43. The van der Waals surface area contributed by atoms with Crippen LogP contribution in [0.5, 0.6) is 5.75 Å². The molecule has 0 aliphatic heterocycles. The number of aromatic hydroxyl groups is 1. The molecule has 0 radical (unpaired) electrons. The second kappa shape index (κ2) is 40.5. The molecule has 11 atom stereocenters. The molecule has 35 nitrogen and oxygen atoms in total. The molecule has 11 amide bonds. The number of aliphatic imine (C=N–C) groups is 1. The van der Waals surface area contributed by atoms with Crippen molar-refractivity contribution in [3.63, 3.8) is 0 Å². The van der Waals surface area contributed by atoms with E-state index in [1.165, 1.54) is 57.6 Å². The summed E-state index contributed by atoms with van der Waals surface area (Å²) < 4.78 is 0. The first kappa shape index (κ1) is 80.5. The quantitative estimate of drug-likeness (QED) is 0.0146. The zero-order valence-corrected chi connectivity index (χ0v) is 54.8. The summed E-state index contributed by atoms with van der Waals surface area (Å²) in [6.45, 7) is 9.29. The van der Waals surface area contributed by atoms with Gasteiger partial charge in [-0.2, -0.15) is 0 Å². The number of guanidine groups is 1. The average Bonchev–Trinajstić information content (AvgIpc) is 1.28. The number of carbonyl (C=O) groups is 14. The maximum Gasteiger partial charge on any atom is 0.326 e. The SMILES string of the molecule is CC[C@H](C)[C@H](NC(=O)[C@@H](NC(=O)[C@H](CCC(=O)O)NC(=O)[C@H](CC(C)C)NC(=O)CN)C(C)C)C(=O)N[C@@H](CC(N)=O)C(=O)N[C@@H](CC(=O)O)C(=O)N[C@@H](Cc1ccc(O)cc1)C(=O)N[C@@H](Cc1cnc[nH]1)C(=O)N[C@@H](Cc1ccccc1)C(=O)N[C@@H](CCCN=C(N)N)C(=O)O. The molecular formula is C62H91N17O18. The number of carbonyl (C=O) groups excluding carboxylic acids is 11. The summed E-state index contributed by atoms with van der Waals surface area (Å²) in [7, 11) is 0. The molecule has 532 valence electrons. The molecule has 0 unspecified atom stereocenters. The van der Waals surface area contributed by atoms with E-state index in [2.05, 4.69) is 68.1 Å². The van der Waals surface area contributed by atoms with Crippen LogP contribution in [-0.4, -0.2) is 193 Å². The van der Waals surface area contributed by atoms with Gasteiger partial charge in [-0.05, 0) is 66.7 Å². The third kappa shape index (κ3) is 29.2. The van der Waals surface area contributed by atoms with Crippen molar-refractivity contribution in [1.29, 1.82) is 0 Å². The van der Waals surface area contributed by atoms with Crippen LogP contribution in [0.15, 0.2) is 72.1 Å². The normalized spacial score (nSPS) is 14.4. The van der Waals surface area contributed by atoms with E-state index < -0.39 is 194 Å². The minimum Gasteiger partial charge on any atom is -0.508 e. The standard InChI is InChI=1S/C62H91N17O18/c1-7-33(6)51(79-59(94)50(32(4)5)78-52(87)38(19-20-48(83)84)71-53(88)40(22-31(2)3)70-47(82)28-63)60(95)77-44(26-46(64)81)57(92)76-45(27-49(85)86)58(93)74-42(24-35-15-17-37(80)18-16-35)55(90)75-43(25-36-29-67-30-69-36)56(91)73-41(23-34-12-9-8-10-13-34)54(89)72-39(61(96)97)14-11-21-68-62(65)66/h8-10,12-13,15-18,29-33,38-45,50-51,80H,7,11,14,19-28,63H2,1-6H3,(H2,64,81)(H,67,69)(H,70,82)(H,71,88)(H,72,89)(H,73,91)(H,74,93)(H,75,90)(H,76,92)(H,77,95)(H,78,87)(H,79,94)(H,83,84)(H,85,86)(H,96,97)(H4,65,66,68)/t33-,38-,39-,40-,41-,42-,43-,44-,45-,50-,51-/m0/s1. The topological polar surface area (TPSA) is 585 Å². The fraction of sp³-hybridized carbons (Fsp3) is 0.516. The second-order valence-corrected chi connectivity index (χ2v) is 23.8. The highest BCUT2D eigenvalue weighted by Gasteiger charge is 2.39. The molecule has 0 bridgehead atoms. The van der Waals surface area contributed by atoms with Gasteiger partial charge in [0.15, 0.2) is 5.96 Å². The van der Waals surface area contributed by atoms with Crippen molar-refractivity contribution in [2.75, 3.05) is 13.1 Å². The van der Waals surface area contributed by atoms with Crippen molar-refractivity contribution < 1.29 is 87.5 Å². The van der Waals surface area contributed by atoms with Crippen LogP contribution in [0.1, 0.15) is 110 Å². The minimum atomic E-state index is -2.12. The van der Waals surface area contributed by atoms with Gasteiger partial charge in [-0.15, -0.1) is 0 Å². The lowest BCUT2D eigenvalue weighted by Crippen LogP contribution is -2.62. The van der Waals surface area contributed by atoms with Gasteiger partial charge in [0.2, 0.25) is 65.0 Å². The number of phenols is 1.